The Hall–Kier alpha value is -0.860. The Balaban J connectivity index is 2.59. The number of rotatable bonds is 6. The van der Waals surface area contributed by atoms with Gasteiger partial charge in [0.2, 0.25) is 0 Å². The van der Waals surface area contributed by atoms with Crippen molar-refractivity contribution in [1.29, 1.82) is 0 Å². The van der Waals surface area contributed by atoms with Crippen LogP contribution in [0.15, 0.2) is 18.2 Å². The fourth-order valence-electron chi connectivity index (χ4n) is 2.49. The van der Waals surface area contributed by atoms with E-state index in [0.717, 1.165) is 13.1 Å². The summed E-state index contributed by atoms with van der Waals surface area (Å²) in [4.78, 5) is 2.25. The van der Waals surface area contributed by atoms with Crippen LogP contribution in [0.1, 0.15) is 43.5 Å². The minimum Gasteiger partial charge on any atom is -0.310 e. The summed E-state index contributed by atoms with van der Waals surface area (Å²) in [5, 5.41) is 3.66. The maximum Gasteiger partial charge on any atom is 0.0292 e. The molecule has 19 heavy (non-hydrogen) atoms. The molecule has 0 aliphatic heterocycles. The van der Waals surface area contributed by atoms with E-state index in [9.17, 15) is 0 Å². The first-order valence-corrected chi connectivity index (χ1v) is 7.16. The fourth-order valence-corrected chi connectivity index (χ4v) is 2.49. The molecule has 0 aliphatic carbocycles. The molecule has 0 radical (unpaired) electrons. The van der Waals surface area contributed by atoms with Gasteiger partial charge in [-0.3, -0.25) is 0 Å². The third-order valence-corrected chi connectivity index (χ3v) is 3.66. The zero-order chi connectivity index (χ0) is 14.6. The summed E-state index contributed by atoms with van der Waals surface area (Å²) in [7, 11) is 4.27. The first-order chi connectivity index (χ1) is 8.71. The van der Waals surface area contributed by atoms with Gasteiger partial charge in [-0.2, -0.15) is 0 Å². The lowest BCUT2D eigenvalue weighted by atomic mass is 9.92. The Labute approximate surface area is 119 Å². The molecule has 0 saturated carbocycles. The molecule has 1 aromatic rings. The molecule has 2 nitrogen and oxygen atoms in total. The maximum absolute atomic E-state index is 3.66. The van der Waals surface area contributed by atoms with E-state index in [1.807, 2.05) is 0 Å². The molecule has 0 aliphatic rings. The number of hydrogen-bond donors (Lipinski definition) is 1. The summed E-state index contributed by atoms with van der Waals surface area (Å²) >= 11 is 0. The van der Waals surface area contributed by atoms with Gasteiger partial charge in [-0.15, -0.1) is 0 Å². The van der Waals surface area contributed by atoms with Gasteiger partial charge in [0.15, 0.2) is 0 Å². The average molecular weight is 262 g/mol. The van der Waals surface area contributed by atoms with E-state index in [1.54, 1.807) is 0 Å². The first kappa shape index (κ1) is 16.2. The van der Waals surface area contributed by atoms with E-state index in [1.165, 1.54) is 16.7 Å². The highest BCUT2D eigenvalue weighted by molar-refractivity contribution is 5.31. The van der Waals surface area contributed by atoms with Crippen LogP contribution in [0.5, 0.6) is 0 Å². The molecule has 0 spiro atoms. The summed E-state index contributed by atoms with van der Waals surface area (Å²) < 4.78 is 0. The van der Waals surface area contributed by atoms with E-state index in [-0.39, 0.29) is 5.41 Å². The second kappa shape index (κ2) is 6.53. The van der Waals surface area contributed by atoms with E-state index < -0.39 is 0 Å². The largest absolute Gasteiger partial charge is 0.310 e. The highest BCUT2D eigenvalue weighted by Crippen LogP contribution is 2.20. The Kier molecular flexibility index (Phi) is 5.57. The van der Waals surface area contributed by atoms with Crippen LogP contribution in [0.3, 0.4) is 0 Å². The van der Waals surface area contributed by atoms with Crippen molar-refractivity contribution in [2.45, 2.75) is 40.7 Å². The second-order valence-corrected chi connectivity index (χ2v) is 6.85. The highest BCUT2D eigenvalue weighted by Gasteiger charge is 2.19. The zero-order valence-electron chi connectivity index (χ0n) is 13.7. The van der Waals surface area contributed by atoms with Crippen LogP contribution in [0.2, 0.25) is 0 Å². The third-order valence-electron chi connectivity index (χ3n) is 3.66. The Morgan fingerprint density at radius 2 is 1.79 bits per heavy atom. The van der Waals surface area contributed by atoms with Gasteiger partial charge in [0.25, 0.3) is 0 Å². The minimum atomic E-state index is 0.289. The van der Waals surface area contributed by atoms with Crippen molar-refractivity contribution >= 4 is 0 Å². The molecule has 108 valence electrons. The van der Waals surface area contributed by atoms with Crippen molar-refractivity contribution in [2.24, 2.45) is 5.41 Å². The van der Waals surface area contributed by atoms with Crippen LogP contribution in [-0.2, 0) is 0 Å². The van der Waals surface area contributed by atoms with E-state index in [2.05, 4.69) is 77.1 Å². The molecule has 1 unspecified atom stereocenters. The maximum atomic E-state index is 3.66. The predicted octanol–water partition coefficient (Wildman–Crippen LogP) is 3.54. The molecule has 1 atom stereocenters. The SMILES string of the molecule is Cc1ccc(C(C)NCC(C)(C)CN(C)C)cc1C. The number of nitrogens with zero attached hydrogens (tertiary/aromatic N) is 1. The zero-order valence-corrected chi connectivity index (χ0v) is 13.7. The molecule has 1 rings (SSSR count). The molecule has 0 aromatic heterocycles. The van der Waals surface area contributed by atoms with Gasteiger partial charge in [0, 0.05) is 19.1 Å². The van der Waals surface area contributed by atoms with Crippen molar-refractivity contribution in [2.75, 3.05) is 27.2 Å². The van der Waals surface area contributed by atoms with Crippen molar-refractivity contribution in [3.8, 4) is 0 Å². The van der Waals surface area contributed by atoms with Gasteiger partial charge < -0.3 is 10.2 Å². The quantitative estimate of drug-likeness (QED) is 0.843. The molecule has 2 heteroatoms. The fraction of sp³-hybridized carbons (Fsp3) is 0.647. The second-order valence-electron chi connectivity index (χ2n) is 6.85. The van der Waals surface area contributed by atoms with Crippen LogP contribution in [0, 0.1) is 19.3 Å². The van der Waals surface area contributed by atoms with E-state index >= 15 is 0 Å². The Morgan fingerprint density at radius 3 is 2.32 bits per heavy atom. The van der Waals surface area contributed by atoms with Crippen molar-refractivity contribution in [1.82, 2.24) is 10.2 Å². The summed E-state index contributed by atoms with van der Waals surface area (Å²) in [6.07, 6.45) is 0. The molecular formula is C17H30N2. The Bertz CT molecular complexity index is 408. The van der Waals surface area contributed by atoms with Gasteiger partial charge >= 0.3 is 0 Å². The summed E-state index contributed by atoms with van der Waals surface area (Å²) in [6, 6.07) is 7.15. The minimum absolute atomic E-state index is 0.289. The van der Waals surface area contributed by atoms with Gasteiger partial charge in [-0.05, 0) is 57.0 Å². The van der Waals surface area contributed by atoms with Crippen molar-refractivity contribution in [3.05, 3.63) is 34.9 Å². The monoisotopic (exact) mass is 262 g/mol. The lowest BCUT2D eigenvalue weighted by molar-refractivity contribution is 0.227. The normalized spacial score (nSPS) is 13.9. The summed E-state index contributed by atoms with van der Waals surface area (Å²) in [5.74, 6) is 0. The molecule has 1 N–H and O–H groups in total. The molecule has 0 fully saturated rings. The summed E-state index contributed by atoms with van der Waals surface area (Å²) in [6.45, 7) is 13.3. The van der Waals surface area contributed by atoms with Gasteiger partial charge in [-0.1, -0.05) is 32.0 Å². The predicted molar refractivity (Wildman–Crippen MR) is 84.7 cm³/mol. The molecule has 0 bridgehead atoms. The van der Waals surface area contributed by atoms with Crippen LogP contribution in [0.25, 0.3) is 0 Å². The van der Waals surface area contributed by atoms with Crippen molar-refractivity contribution in [3.63, 3.8) is 0 Å². The summed E-state index contributed by atoms with van der Waals surface area (Å²) in [5.41, 5.74) is 4.41. The third kappa shape index (κ3) is 5.33. The van der Waals surface area contributed by atoms with Crippen molar-refractivity contribution < 1.29 is 0 Å². The van der Waals surface area contributed by atoms with Crippen LogP contribution >= 0.6 is 0 Å². The molecule has 0 heterocycles. The van der Waals surface area contributed by atoms with E-state index in [4.69, 9.17) is 0 Å². The van der Waals surface area contributed by atoms with Crippen LogP contribution in [-0.4, -0.2) is 32.1 Å². The van der Waals surface area contributed by atoms with E-state index in [0.29, 0.717) is 6.04 Å². The molecular weight excluding hydrogens is 232 g/mol. The van der Waals surface area contributed by atoms with Gasteiger partial charge in [-0.25, -0.2) is 0 Å². The topological polar surface area (TPSA) is 15.3 Å². The first-order valence-electron chi connectivity index (χ1n) is 7.16. The number of nitrogens with one attached hydrogen (secondary N) is 1. The number of hydrogen-bond acceptors (Lipinski definition) is 2. The lowest BCUT2D eigenvalue weighted by Crippen LogP contribution is -2.38. The van der Waals surface area contributed by atoms with Gasteiger partial charge in [0.05, 0.1) is 0 Å². The molecule has 0 amide bonds. The number of aryl methyl sites for hydroxylation is 2. The number of benzene rings is 1. The Morgan fingerprint density at radius 1 is 1.16 bits per heavy atom. The highest BCUT2D eigenvalue weighted by atomic mass is 15.1. The average Bonchev–Trinajstić information content (AvgIpc) is 2.28. The van der Waals surface area contributed by atoms with Crippen LogP contribution < -0.4 is 5.32 Å². The standard InChI is InChI=1S/C17H30N2/c1-13-8-9-16(10-14(13)2)15(3)18-11-17(4,5)12-19(6)7/h8-10,15,18H,11-12H2,1-7H3. The molecule has 0 saturated heterocycles. The van der Waals surface area contributed by atoms with Gasteiger partial charge in [0.1, 0.15) is 0 Å². The molecule has 1 aromatic carbocycles. The smallest absolute Gasteiger partial charge is 0.0292 e. The van der Waals surface area contributed by atoms with Crippen LogP contribution in [0.4, 0.5) is 0 Å². The lowest BCUT2D eigenvalue weighted by Gasteiger charge is -2.30.